The van der Waals surface area contributed by atoms with Gasteiger partial charge in [0.15, 0.2) is 11.4 Å². The Labute approximate surface area is 207 Å². The van der Waals surface area contributed by atoms with Crippen LogP contribution >= 0.6 is 0 Å². The average Bonchev–Trinajstić information content (AvgIpc) is 3.18. The first-order chi connectivity index (χ1) is 16.2. The number of ether oxygens (including phenoxy) is 2. The van der Waals surface area contributed by atoms with Crippen molar-refractivity contribution in [2.75, 3.05) is 0 Å². The van der Waals surface area contributed by atoms with Crippen molar-refractivity contribution in [3.8, 4) is 0 Å². The summed E-state index contributed by atoms with van der Waals surface area (Å²) in [7, 11) is 0. The Balaban J connectivity index is 1.90. The quantitative estimate of drug-likeness (QED) is 0.434. The molecule has 8 atom stereocenters. The van der Waals surface area contributed by atoms with Crippen LogP contribution in [0, 0.1) is 29.1 Å². The van der Waals surface area contributed by atoms with Gasteiger partial charge in [0.25, 0.3) is 0 Å². The van der Waals surface area contributed by atoms with E-state index >= 15 is 0 Å². The van der Waals surface area contributed by atoms with Crippen LogP contribution < -0.4 is 0 Å². The smallest absolute Gasteiger partial charge is 0.306 e. The number of carbonyl (C=O) groups excluding carboxylic acids is 3. The van der Waals surface area contributed by atoms with Crippen LogP contribution in [0.2, 0.25) is 0 Å². The molecular weight excluding hydrogens is 448 g/mol. The van der Waals surface area contributed by atoms with E-state index in [1.54, 1.807) is 19.9 Å². The van der Waals surface area contributed by atoms with Gasteiger partial charge in [-0.3, -0.25) is 14.4 Å². The van der Waals surface area contributed by atoms with E-state index in [1.165, 1.54) is 0 Å². The first kappa shape index (κ1) is 26.1. The molecule has 0 aromatic carbocycles. The minimum Gasteiger partial charge on any atom is -0.458 e. The maximum absolute atomic E-state index is 13.1. The second kappa shape index (κ2) is 8.27. The van der Waals surface area contributed by atoms with Crippen LogP contribution in [0.5, 0.6) is 0 Å². The molecule has 0 aromatic heterocycles. The van der Waals surface area contributed by atoms with E-state index in [0.29, 0.717) is 18.4 Å². The first-order valence-electron chi connectivity index (χ1n) is 13.0. The normalized spacial score (nSPS) is 43.1. The number of fused-ring (bicyclic) bond motifs is 5. The number of rotatable bonds is 6. The summed E-state index contributed by atoms with van der Waals surface area (Å²) in [4.78, 5) is 38.8. The lowest BCUT2D eigenvalue weighted by atomic mass is 9.59. The summed E-state index contributed by atoms with van der Waals surface area (Å²) < 4.78 is 12.3. The lowest BCUT2D eigenvalue weighted by molar-refractivity contribution is -0.229. The molecule has 0 amide bonds. The molecule has 0 bridgehead atoms. The molecule has 0 spiro atoms. The van der Waals surface area contributed by atoms with Crippen molar-refractivity contribution >= 4 is 17.7 Å². The summed E-state index contributed by atoms with van der Waals surface area (Å²) in [5.74, 6) is -3.58. The average molecular weight is 489 g/mol. The summed E-state index contributed by atoms with van der Waals surface area (Å²) in [5, 5.41) is 24.3. The predicted molar refractivity (Wildman–Crippen MR) is 129 cm³/mol. The standard InChI is InChI=1S/C28H40O7/c1-8-10-20(29)34-24-17(5)27(33)18(22-25(6,7)28(22,24)35-21(30)11-9-2)12-15(3)14-26(32)19(27)13-16(4)23(26)31/h12-13,17-19,22,24,32-33H,8-11,14H2,1-7H3/t17-,18+,19-,22-,24-,26-,27-,28-/m1/s1. The summed E-state index contributed by atoms with van der Waals surface area (Å²) >= 11 is 0. The molecule has 0 heterocycles. The Kier molecular flexibility index (Phi) is 6.16. The molecule has 0 saturated heterocycles. The molecule has 0 unspecified atom stereocenters. The Bertz CT molecular complexity index is 1010. The van der Waals surface area contributed by atoms with E-state index in [4.69, 9.17) is 9.47 Å². The van der Waals surface area contributed by atoms with Crippen LogP contribution in [0.3, 0.4) is 0 Å². The zero-order chi connectivity index (χ0) is 26.1. The van der Waals surface area contributed by atoms with Crippen molar-refractivity contribution in [1.82, 2.24) is 0 Å². The van der Waals surface area contributed by atoms with E-state index in [-0.39, 0.29) is 36.9 Å². The minimum absolute atomic E-state index is 0.117. The van der Waals surface area contributed by atoms with Crippen LogP contribution in [-0.2, 0) is 23.9 Å². The topological polar surface area (TPSA) is 110 Å². The lowest BCUT2D eigenvalue weighted by Crippen LogP contribution is -2.66. The molecule has 2 N–H and O–H groups in total. The first-order valence-corrected chi connectivity index (χ1v) is 13.0. The molecule has 0 aromatic rings. The van der Waals surface area contributed by atoms with Gasteiger partial charge in [0.05, 0.1) is 5.60 Å². The molecule has 4 rings (SSSR count). The predicted octanol–water partition coefficient (Wildman–Crippen LogP) is 3.66. The lowest BCUT2D eigenvalue weighted by Gasteiger charge is -2.53. The molecule has 4 aliphatic carbocycles. The van der Waals surface area contributed by atoms with E-state index in [1.807, 2.05) is 40.7 Å². The van der Waals surface area contributed by atoms with Crippen LogP contribution in [0.25, 0.3) is 0 Å². The second-order valence-electron chi connectivity index (χ2n) is 11.8. The summed E-state index contributed by atoms with van der Waals surface area (Å²) in [6.07, 6.45) is 4.53. The Morgan fingerprint density at radius 2 is 1.66 bits per heavy atom. The molecule has 194 valence electrons. The van der Waals surface area contributed by atoms with E-state index in [2.05, 4.69) is 0 Å². The van der Waals surface area contributed by atoms with Gasteiger partial charge in [-0.1, -0.05) is 52.3 Å². The number of Topliss-reactive ketones (excluding diaryl/α,β-unsaturated/α-hetero) is 1. The third-order valence-corrected chi connectivity index (χ3v) is 9.31. The van der Waals surface area contributed by atoms with Gasteiger partial charge >= 0.3 is 11.9 Å². The Hall–Kier alpha value is -1.99. The summed E-state index contributed by atoms with van der Waals surface area (Å²) in [6.45, 7) is 13.1. The van der Waals surface area contributed by atoms with Gasteiger partial charge in [-0.15, -0.1) is 0 Å². The van der Waals surface area contributed by atoms with Gasteiger partial charge in [-0.25, -0.2) is 0 Å². The van der Waals surface area contributed by atoms with E-state index < -0.39 is 52.0 Å². The van der Waals surface area contributed by atoms with E-state index in [0.717, 1.165) is 5.57 Å². The number of aliphatic hydroxyl groups is 2. The highest BCUT2D eigenvalue weighted by atomic mass is 16.6. The highest BCUT2D eigenvalue weighted by molar-refractivity contribution is 6.04. The molecule has 7 nitrogen and oxygen atoms in total. The number of ketones is 1. The van der Waals surface area contributed by atoms with Crippen molar-refractivity contribution in [3.63, 3.8) is 0 Å². The van der Waals surface area contributed by atoms with Crippen LogP contribution in [0.1, 0.15) is 80.6 Å². The number of esters is 2. The molecular formula is C28H40O7. The van der Waals surface area contributed by atoms with Crippen LogP contribution in [-0.4, -0.2) is 50.8 Å². The highest BCUT2D eigenvalue weighted by Crippen LogP contribution is 2.77. The third kappa shape index (κ3) is 3.33. The molecule has 0 aliphatic heterocycles. The van der Waals surface area contributed by atoms with Gasteiger partial charge in [0.2, 0.25) is 0 Å². The molecule has 2 saturated carbocycles. The van der Waals surface area contributed by atoms with Gasteiger partial charge in [-0.2, -0.15) is 0 Å². The largest absolute Gasteiger partial charge is 0.458 e. The SMILES string of the molecule is CCCC(=O)O[C@@H]1[C@@H](C)[C@@]2(O)[C@@H](C=C(C)C[C@]3(O)C(=O)C(C)=C[C@@H]23)[C@@H]2C(C)(C)[C@]12OC(=O)CCC. The monoisotopic (exact) mass is 488 g/mol. The zero-order valence-corrected chi connectivity index (χ0v) is 22.0. The van der Waals surface area contributed by atoms with Crippen molar-refractivity contribution in [2.45, 2.75) is 103 Å². The van der Waals surface area contributed by atoms with Gasteiger partial charge in [0, 0.05) is 48.3 Å². The Morgan fingerprint density at radius 3 is 2.26 bits per heavy atom. The third-order valence-electron chi connectivity index (χ3n) is 9.31. The molecule has 2 fully saturated rings. The van der Waals surface area contributed by atoms with Gasteiger partial charge in [0.1, 0.15) is 11.7 Å². The minimum atomic E-state index is -1.77. The molecule has 4 aliphatic rings. The number of hydrogen-bond donors (Lipinski definition) is 2. The molecule has 0 radical (unpaired) electrons. The maximum atomic E-state index is 13.1. The van der Waals surface area contributed by atoms with Crippen LogP contribution in [0.4, 0.5) is 0 Å². The number of carbonyl (C=O) groups is 3. The van der Waals surface area contributed by atoms with Crippen molar-refractivity contribution < 1.29 is 34.1 Å². The molecule has 35 heavy (non-hydrogen) atoms. The van der Waals surface area contributed by atoms with Crippen LogP contribution in [0.15, 0.2) is 23.3 Å². The Morgan fingerprint density at radius 1 is 1.06 bits per heavy atom. The maximum Gasteiger partial charge on any atom is 0.306 e. The zero-order valence-electron chi connectivity index (χ0n) is 22.0. The van der Waals surface area contributed by atoms with Crippen molar-refractivity contribution in [2.24, 2.45) is 29.1 Å². The van der Waals surface area contributed by atoms with Gasteiger partial charge in [-0.05, 0) is 32.3 Å². The number of hydrogen-bond acceptors (Lipinski definition) is 7. The fourth-order valence-corrected chi connectivity index (χ4v) is 7.69. The summed E-state index contributed by atoms with van der Waals surface area (Å²) in [5.41, 5.74) is -3.82. The highest BCUT2D eigenvalue weighted by Gasteiger charge is 2.87. The summed E-state index contributed by atoms with van der Waals surface area (Å²) in [6, 6.07) is 0. The second-order valence-corrected chi connectivity index (χ2v) is 11.8. The van der Waals surface area contributed by atoms with E-state index in [9.17, 15) is 24.6 Å². The fourth-order valence-electron chi connectivity index (χ4n) is 7.69. The van der Waals surface area contributed by atoms with Crippen molar-refractivity contribution in [3.05, 3.63) is 23.3 Å². The fraction of sp³-hybridized carbons (Fsp3) is 0.750. The molecule has 7 heteroatoms. The van der Waals surface area contributed by atoms with Crippen molar-refractivity contribution in [1.29, 1.82) is 0 Å². The van der Waals surface area contributed by atoms with Gasteiger partial charge < -0.3 is 19.7 Å².